The smallest absolute Gasteiger partial charge is 0.310 e. The molecule has 26 heavy (non-hydrogen) atoms. The number of carboxylic acid groups (broad SMARTS) is 1. The molecule has 2 aliphatic rings. The average Bonchev–Trinajstić information content (AvgIpc) is 3.24. The molecule has 0 spiro atoms. The third kappa shape index (κ3) is 4.18. The first-order valence-electron chi connectivity index (χ1n) is 9.52. The maximum Gasteiger partial charge on any atom is 0.310 e. The second kappa shape index (κ2) is 8.54. The van der Waals surface area contributed by atoms with Crippen LogP contribution in [0.4, 0.5) is 5.69 Å². The minimum Gasteiger partial charge on any atom is -0.494 e. The predicted molar refractivity (Wildman–Crippen MR) is 97.2 cm³/mol. The Morgan fingerprint density at radius 2 is 1.81 bits per heavy atom. The first kappa shape index (κ1) is 18.7. The molecule has 4 atom stereocenters. The summed E-state index contributed by atoms with van der Waals surface area (Å²) in [6, 6.07) is 7.20. The van der Waals surface area contributed by atoms with Crippen LogP contribution in [0.2, 0.25) is 0 Å². The number of carboxylic acids is 1. The van der Waals surface area contributed by atoms with Crippen LogP contribution in [0.3, 0.4) is 0 Å². The molecule has 6 nitrogen and oxygen atoms in total. The van der Waals surface area contributed by atoms with Gasteiger partial charge in [-0.2, -0.15) is 0 Å². The zero-order valence-electron chi connectivity index (χ0n) is 15.1. The molecule has 0 saturated carbocycles. The van der Waals surface area contributed by atoms with Gasteiger partial charge in [0.1, 0.15) is 5.75 Å². The topological polar surface area (TPSA) is 84.9 Å². The van der Waals surface area contributed by atoms with Crippen molar-refractivity contribution in [2.24, 2.45) is 11.8 Å². The molecular formula is C20H27NO5. The molecule has 2 aliphatic heterocycles. The van der Waals surface area contributed by atoms with Gasteiger partial charge in [-0.15, -0.1) is 0 Å². The highest BCUT2D eigenvalue weighted by molar-refractivity contribution is 5.96. The van der Waals surface area contributed by atoms with Crippen molar-refractivity contribution < 1.29 is 24.2 Å². The Morgan fingerprint density at radius 1 is 1.12 bits per heavy atom. The van der Waals surface area contributed by atoms with E-state index in [2.05, 4.69) is 12.2 Å². The highest BCUT2D eigenvalue weighted by Gasteiger charge is 2.55. The minimum atomic E-state index is -0.954. The maximum atomic E-state index is 12.6. The molecule has 6 heteroatoms. The summed E-state index contributed by atoms with van der Waals surface area (Å²) in [6.07, 6.45) is 5.47. The van der Waals surface area contributed by atoms with E-state index >= 15 is 0 Å². The number of fused-ring (bicyclic) bond motifs is 2. The monoisotopic (exact) mass is 361 g/mol. The Kier molecular flexibility index (Phi) is 6.14. The van der Waals surface area contributed by atoms with Crippen LogP contribution >= 0.6 is 0 Å². The van der Waals surface area contributed by atoms with E-state index in [1.54, 1.807) is 12.1 Å². The Labute approximate surface area is 153 Å². The number of amides is 1. The van der Waals surface area contributed by atoms with Crippen LogP contribution < -0.4 is 10.1 Å². The van der Waals surface area contributed by atoms with E-state index in [4.69, 9.17) is 9.47 Å². The van der Waals surface area contributed by atoms with E-state index in [-0.39, 0.29) is 18.1 Å². The van der Waals surface area contributed by atoms with Gasteiger partial charge in [-0.05, 0) is 43.5 Å². The summed E-state index contributed by atoms with van der Waals surface area (Å²) in [5.41, 5.74) is 0.639. The number of unbranched alkanes of at least 4 members (excludes halogenated alkanes) is 3. The Balaban J connectivity index is 1.52. The van der Waals surface area contributed by atoms with Crippen molar-refractivity contribution in [2.75, 3.05) is 11.9 Å². The van der Waals surface area contributed by atoms with Crippen molar-refractivity contribution in [1.82, 2.24) is 0 Å². The molecule has 0 aliphatic carbocycles. The lowest BCUT2D eigenvalue weighted by Gasteiger charge is -2.23. The molecule has 2 saturated heterocycles. The van der Waals surface area contributed by atoms with Gasteiger partial charge in [0, 0.05) is 5.69 Å². The Hall–Kier alpha value is -2.08. The normalized spacial score (nSPS) is 26.7. The molecule has 0 aromatic heterocycles. The van der Waals surface area contributed by atoms with Gasteiger partial charge >= 0.3 is 5.97 Å². The number of benzene rings is 1. The van der Waals surface area contributed by atoms with Gasteiger partial charge in [0.05, 0.1) is 30.7 Å². The van der Waals surface area contributed by atoms with Crippen LogP contribution in [0, 0.1) is 11.8 Å². The van der Waals surface area contributed by atoms with E-state index in [9.17, 15) is 14.7 Å². The highest BCUT2D eigenvalue weighted by atomic mass is 16.5. The summed E-state index contributed by atoms with van der Waals surface area (Å²) >= 11 is 0. The number of hydrogen-bond acceptors (Lipinski definition) is 4. The van der Waals surface area contributed by atoms with Gasteiger partial charge in [-0.3, -0.25) is 9.59 Å². The molecule has 2 heterocycles. The van der Waals surface area contributed by atoms with Crippen molar-refractivity contribution >= 4 is 17.6 Å². The molecule has 1 amide bonds. The highest BCUT2D eigenvalue weighted by Crippen LogP contribution is 2.44. The summed E-state index contributed by atoms with van der Waals surface area (Å²) in [4.78, 5) is 24.1. The number of carbonyl (C=O) groups excluding carboxylic acids is 1. The molecule has 3 rings (SSSR count). The molecule has 1 aromatic carbocycles. The van der Waals surface area contributed by atoms with Gasteiger partial charge in [-0.25, -0.2) is 0 Å². The SMILES string of the molecule is CCCCCCOc1ccc(NC(=O)C2C(C(=O)O)[C@@H]3CC[C@H]2O3)cc1. The van der Waals surface area contributed by atoms with Crippen LogP contribution in [0.15, 0.2) is 24.3 Å². The largest absolute Gasteiger partial charge is 0.494 e. The second-order valence-electron chi connectivity index (χ2n) is 7.10. The number of aliphatic carboxylic acids is 1. The van der Waals surface area contributed by atoms with E-state index in [0.29, 0.717) is 12.3 Å². The quantitative estimate of drug-likeness (QED) is 0.658. The second-order valence-corrected chi connectivity index (χ2v) is 7.10. The average molecular weight is 361 g/mol. The first-order valence-corrected chi connectivity index (χ1v) is 9.52. The lowest BCUT2D eigenvalue weighted by Crippen LogP contribution is -2.40. The lowest BCUT2D eigenvalue weighted by molar-refractivity contribution is -0.147. The van der Waals surface area contributed by atoms with Crippen molar-refractivity contribution in [3.8, 4) is 5.75 Å². The lowest BCUT2D eigenvalue weighted by atomic mass is 9.78. The molecular weight excluding hydrogens is 334 g/mol. The van der Waals surface area contributed by atoms with E-state index in [0.717, 1.165) is 25.0 Å². The summed E-state index contributed by atoms with van der Waals surface area (Å²) in [6.45, 7) is 2.86. The van der Waals surface area contributed by atoms with Crippen molar-refractivity contribution in [3.63, 3.8) is 0 Å². The fourth-order valence-electron chi connectivity index (χ4n) is 3.90. The first-order chi connectivity index (χ1) is 12.6. The van der Waals surface area contributed by atoms with Crippen molar-refractivity contribution in [1.29, 1.82) is 0 Å². The number of anilines is 1. The third-order valence-electron chi connectivity index (χ3n) is 5.25. The standard InChI is InChI=1S/C20H27NO5/c1-2-3-4-5-12-25-14-8-6-13(7-9-14)21-19(22)17-15-10-11-16(26-15)18(17)20(23)24/h6-9,15-18H,2-5,10-12H2,1H3,(H,21,22)(H,23,24)/t15-,16+,17?,18?/m1/s1. The van der Waals surface area contributed by atoms with E-state index < -0.39 is 17.8 Å². The van der Waals surface area contributed by atoms with Crippen molar-refractivity contribution in [3.05, 3.63) is 24.3 Å². The summed E-state index contributed by atoms with van der Waals surface area (Å²) in [7, 11) is 0. The fourth-order valence-corrected chi connectivity index (χ4v) is 3.90. The van der Waals surface area contributed by atoms with Crippen LogP contribution in [0.5, 0.6) is 5.75 Å². The molecule has 142 valence electrons. The summed E-state index contributed by atoms with van der Waals surface area (Å²) < 4.78 is 11.3. The predicted octanol–water partition coefficient (Wildman–Crippen LogP) is 3.46. The third-order valence-corrected chi connectivity index (χ3v) is 5.25. The maximum absolute atomic E-state index is 12.6. The van der Waals surface area contributed by atoms with Crippen LogP contribution in [0.25, 0.3) is 0 Å². The zero-order valence-corrected chi connectivity index (χ0v) is 15.1. The van der Waals surface area contributed by atoms with E-state index in [1.807, 2.05) is 12.1 Å². The molecule has 2 unspecified atom stereocenters. The summed E-state index contributed by atoms with van der Waals surface area (Å²) in [5, 5.41) is 12.2. The summed E-state index contributed by atoms with van der Waals surface area (Å²) in [5.74, 6) is -1.84. The molecule has 0 radical (unpaired) electrons. The fraction of sp³-hybridized carbons (Fsp3) is 0.600. The van der Waals surface area contributed by atoms with Gasteiger partial charge in [0.25, 0.3) is 0 Å². The number of carbonyl (C=O) groups is 2. The number of rotatable bonds is 9. The zero-order chi connectivity index (χ0) is 18.5. The van der Waals surface area contributed by atoms with E-state index in [1.165, 1.54) is 19.3 Å². The van der Waals surface area contributed by atoms with Gasteiger partial charge in [0.15, 0.2) is 0 Å². The van der Waals surface area contributed by atoms with Gasteiger partial charge in [-0.1, -0.05) is 26.2 Å². The number of hydrogen-bond donors (Lipinski definition) is 2. The van der Waals surface area contributed by atoms with Gasteiger partial charge in [0.2, 0.25) is 5.91 Å². The van der Waals surface area contributed by atoms with Crippen LogP contribution in [0.1, 0.15) is 45.4 Å². The van der Waals surface area contributed by atoms with Crippen molar-refractivity contribution in [2.45, 2.75) is 57.7 Å². The van der Waals surface area contributed by atoms with Crippen LogP contribution in [-0.2, 0) is 14.3 Å². The molecule has 1 aromatic rings. The van der Waals surface area contributed by atoms with Crippen LogP contribution in [-0.4, -0.2) is 35.8 Å². The Morgan fingerprint density at radius 3 is 2.46 bits per heavy atom. The minimum absolute atomic E-state index is 0.280. The molecule has 2 bridgehead atoms. The number of ether oxygens (including phenoxy) is 2. The Bertz CT molecular complexity index is 630. The number of nitrogens with one attached hydrogen (secondary N) is 1. The van der Waals surface area contributed by atoms with Gasteiger partial charge < -0.3 is 19.9 Å². The molecule has 2 N–H and O–H groups in total. The molecule has 2 fully saturated rings.